The summed E-state index contributed by atoms with van der Waals surface area (Å²) in [4.78, 5) is 24.3. The van der Waals surface area contributed by atoms with E-state index in [9.17, 15) is 4.79 Å². The van der Waals surface area contributed by atoms with E-state index in [0.29, 0.717) is 23.0 Å². The minimum atomic E-state index is -0.303. The minimum absolute atomic E-state index is 0.218. The van der Waals surface area contributed by atoms with E-state index in [1.54, 1.807) is 0 Å². The van der Waals surface area contributed by atoms with Crippen LogP contribution in [0.4, 0.5) is 11.5 Å². The van der Waals surface area contributed by atoms with Crippen LogP contribution in [0.3, 0.4) is 0 Å². The van der Waals surface area contributed by atoms with Gasteiger partial charge in [0.2, 0.25) is 0 Å². The van der Waals surface area contributed by atoms with Crippen molar-refractivity contribution in [1.82, 2.24) is 20.2 Å². The van der Waals surface area contributed by atoms with Crippen molar-refractivity contribution in [2.45, 2.75) is 25.7 Å². The summed E-state index contributed by atoms with van der Waals surface area (Å²) in [6.45, 7) is 4.95. The zero-order valence-electron chi connectivity index (χ0n) is 19.2. The van der Waals surface area contributed by atoms with Gasteiger partial charge >= 0.3 is 0 Å². The van der Waals surface area contributed by atoms with E-state index in [4.69, 9.17) is 10.1 Å². The lowest BCUT2D eigenvalue weighted by molar-refractivity contribution is 0.0965. The number of carbonyl (C=O) groups is 1. The smallest absolute Gasteiger partial charge is 0.281 e. The second-order valence-corrected chi connectivity index (χ2v) is 8.82. The molecule has 0 unspecified atom stereocenters. The van der Waals surface area contributed by atoms with Gasteiger partial charge in [-0.05, 0) is 86.3 Å². The molecule has 1 saturated heterocycles. The van der Waals surface area contributed by atoms with E-state index in [0.717, 1.165) is 55.1 Å². The highest BCUT2D eigenvalue weighted by Gasteiger charge is 2.23. The zero-order valence-corrected chi connectivity index (χ0v) is 19.2. The normalized spacial score (nSPS) is 16.2. The minimum Gasteiger partial charge on any atom is -0.395 e. The van der Waals surface area contributed by atoms with Gasteiger partial charge in [-0.15, -0.1) is 0 Å². The number of piperidine rings is 1. The van der Waals surface area contributed by atoms with Gasteiger partial charge in [-0.2, -0.15) is 0 Å². The van der Waals surface area contributed by atoms with E-state index >= 15 is 0 Å². The van der Waals surface area contributed by atoms with Crippen LogP contribution in [0.5, 0.6) is 0 Å². The summed E-state index contributed by atoms with van der Waals surface area (Å²) in [6.07, 6.45) is 5.54. The molecule has 1 aromatic carbocycles. The van der Waals surface area contributed by atoms with Gasteiger partial charge < -0.3 is 15.3 Å². The number of hydrogen-bond donors (Lipinski definition) is 2. The quantitative estimate of drug-likeness (QED) is 0.583. The first-order valence-corrected chi connectivity index (χ1v) is 11.7. The number of aromatic nitrogens is 2. The molecule has 5 rings (SSSR count). The molecule has 173 valence electrons. The second kappa shape index (κ2) is 9.75. The van der Waals surface area contributed by atoms with E-state index in [2.05, 4.69) is 32.7 Å². The van der Waals surface area contributed by atoms with Gasteiger partial charge in [0.25, 0.3) is 5.91 Å². The van der Waals surface area contributed by atoms with Gasteiger partial charge in [0.1, 0.15) is 5.82 Å². The largest absolute Gasteiger partial charge is 0.395 e. The molecule has 34 heavy (non-hydrogen) atoms. The Bertz CT molecular complexity index is 1210. The van der Waals surface area contributed by atoms with Crippen LogP contribution in [-0.2, 0) is 0 Å². The molecule has 7 heteroatoms. The number of nitrogens with one attached hydrogen (secondary N) is 1. The monoisotopic (exact) mass is 454 g/mol. The fourth-order valence-corrected chi connectivity index (χ4v) is 4.68. The molecule has 2 aromatic heterocycles. The Hall–Kier alpha value is -3.55. The molecular formula is C27H28N5O2. The number of aliphatic hydroxyl groups is 1. The highest BCUT2D eigenvalue weighted by Crippen LogP contribution is 2.32. The number of pyridine rings is 2. The predicted molar refractivity (Wildman–Crippen MR) is 133 cm³/mol. The number of aryl methyl sites for hydroxylation is 1. The highest BCUT2D eigenvalue weighted by atomic mass is 16.3. The van der Waals surface area contributed by atoms with Crippen LogP contribution in [-0.4, -0.2) is 52.1 Å². The number of rotatable bonds is 6. The molecule has 2 aliphatic heterocycles. The summed E-state index contributed by atoms with van der Waals surface area (Å²) >= 11 is 0. The van der Waals surface area contributed by atoms with Crippen molar-refractivity contribution in [2.24, 2.45) is 0 Å². The van der Waals surface area contributed by atoms with Crippen molar-refractivity contribution in [3.63, 3.8) is 0 Å². The molecule has 2 N–H and O–H groups in total. The van der Waals surface area contributed by atoms with Crippen LogP contribution in [0, 0.1) is 6.92 Å². The Morgan fingerprint density at radius 3 is 2.59 bits per heavy atom. The third-order valence-corrected chi connectivity index (χ3v) is 6.51. The van der Waals surface area contributed by atoms with Gasteiger partial charge in [0.05, 0.1) is 23.6 Å². The molecule has 1 amide bonds. The van der Waals surface area contributed by atoms with Crippen molar-refractivity contribution in [2.75, 3.05) is 31.6 Å². The molecule has 0 bridgehead atoms. The summed E-state index contributed by atoms with van der Waals surface area (Å²) in [7, 11) is 0. The lowest BCUT2D eigenvalue weighted by atomic mass is 9.89. The molecule has 0 aliphatic carbocycles. The van der Waals surface area contributed by atoms with Gasteiger partial charge in [-0.3, -0.25) is 9.78 Å². The van der Waals surface area contributed by atoms with Gasteiger partial charge in [-0.25, -0.2) is 10.3 Å². The summed E-state index contributed by atoms with van der Waals surface area (Å²) < 4.78 is 0. The average molecular weight is 455 g/mol. The third-order valence-electron chi connectivity index (χ3n) is 6.51. The molecule has 0 saturated carbocycles. The number of carbonyl (C=O) groups excluding carboxylic acids is 1. The molecule has 2 aliphatic rings. The maximum absolute atomic E-state index is 12.6. The summed E-state index contributed by atoms with van der Waals surface area (Å²) in [6, 6.07) is 16.1. The van der Waals surface area contributed by atoms with Crippen LogP contribution >= 0.6 is 0 Å². The molecule has 0 atom stereocenters. The second-order valence-electron chi connectivity index (χ2n) is 8.82. The topological polar surface area (TPSA) is 92.5 Å². The fourth-order valence-electron chi connectivity index (χ4n) is 4.68. The van der Waals surface area contributed by atoms with Crippen LogP contribution in [0.25, 0.3) is 17.5 Å². The Morgan fingerprint density at radius 2 is 1.85 bits per heavy atom. The van der Waals surface area contributed by atoms with Crippen molar-refractivity contribution in [1.29, 1.82) is 0 Å². The number of benzene rings is 1. The van der Waals surface area contributed by atoms with Crippen LogP contribution < -0.4 is 10.6 Å². The number of nitrogens with zero attached hydrogens (tertiary/aromatic N) is 4. The van der Waals surface area contributed by atoms with Gasteiger partial charge in [0, 0.05) is 24.1 Å². The fraction of sp³-hybridized carbons (Fsp3) is 0.296. The van der Waals surface area contributed by atoms with E-state index in [1.807, 2.05) is 49.4 Å². The molecule has 1 radical (unpaired) electrons. The van der Waals surface area contributed by atoms with Crippen molar-refractivity contribution in [3.8, 4) is 11.4 Å². The van der Waals surface area contributed by atoms with E-state index < -0.39 is 0 Å². The van der Waals surface area contributed by atoms with Crippen molar-refractivity contribution >= 4 is 23.5 Å². The van der Waals surface area contributed by atoms with Crippen LogP contribution in [0.2, 0.25) is 0 Å². The first-order valence-electron chi connectivity index (χ1n) is 11.7. The summed E-state index contributed by atoms with van der Waals surface area (Å²) in [5.74, 6) is 0.706. The van der Waals surface area contributed by atoms with Crippen LogP contribution in [0.15, 0.2) is 54.7 Å². The van der Waals surface area contributed by atoms with Gasteiger partial charge in [-0.1, -0.05) is 18.2 Å². The molecule has 4 heterocycles. The average Bonchev–Trinajstić information content (AvgIpc) is 2.85. The molecule has 1 fully saturated rings. The Balaban J connectivity index is 1.40. The standard InChI is InChI=1S/C27H28N5O2/c1-18-3-2-4-23(29-18)24-17-21-9-12-28-27(34)25(21)26(31-24)30-22-7-5-19(6-8-22)20-10-13-32(14-11-20)15-16-33/h2-9,12,17,20,33H,10-11,13-16H2,1H3,(H,30,31). The maximum atomic E-state index is 12.6. The SMILES string of the molecule is Cc1cccc(-c2cc3c(c(Nc4ccc(C5CCN(CCO)CC5)cc4)n2)C(=O)[N]C=C3)n1. The molecular weight excluding hydrogens is 426 g/mol. The number of amides is 1. The zero-order chi connectivity index (χ0) is 23.5. The predicted octanol–water partition coefficient (Wildman–Crippen LogP) is 4.10. The third kappa shape index (κ3) is 4.71. The summed E-state index contributed by atoms with van der Waals surface area (Å²) in [5.41, 5.74) is 5.81. The Kier molecular flexibility index (Phi) is 6.38. The number of β-amino-alcohol motifs (C(OH)–C–C–N with tert-alkyl or cyclic N) is 1. The number of hydrogen-bond acceptors (Lipinski definition) is 6. The molecule has 7 nitrogen and oxygen atoms in total. The lowest BCUT2D eigenvalue weighted by Crippen LogP contribution is -2.34. The van der Waals surface area contributed by atoms with Crippen molar-refractivity contribution in [3.05, 3.63) is 77.1 Å². The Morgan fingerprint density at radius 1 is 1.06 bits per heavy atom. The van der Waals surface area contributed by atoms with Crippen LogP contribution in [0.1, 0.15) is 45.9 Å². The first kappa shape index (κ1) is 22.3. The molecule has 3 aromatic rings. The van der Waals surface area contributed by atoms with E-state index in [-0.39, 0.29) is 12.5 Å². The number of anilines is 2. The van der Waals surface area contributed by atoms with E-state index in [1.165, 1.54) is 11.8 Å². The highest BCUT2D eigenvalue weighted by molar-refractivity contribution is 6.05. The number of fused-ring (bicyclic) bond motifs is 1. The summed E-state index contributed by atoms with van der Waals surface area (Å²) in [5, 5.41) is 16.5. The Labute approximate surface area is 199 Å². The lowest BCUT2D eigenvalue weighted by Gasteiger charge is -2.31. The van der Waals surface area contributed by atoms with Gasteiger partial charge in [0.15, 0.2) is 0 Å². The maximum Gasteiger partial charge on any atom is 0.281 e. The number of aliphatic hydroxyl groups excluding tert-OH is 1. The number of likely N-dealkylation sites (tertiary alicyclic amines) is 1. The molecule has 0 spiro atoms. The first-order chi connectivity index (χ1) is 16.6. The van der Waals surface area contributed by atoms with Crippen molar-refractivity contribution < 1.29 is 9.90 Å².